The predicted octanol–water partition coefficient (Wildman–Crippen LogP) is 1.41. The highest BCUT2D eigenvalue weighted by Gasteiger charge is 2.43. The highest BCUT2D eigenvalue weighted by molar-refractivity contribution is 5.87. The summed E-state index contributed by atoms with van der Waals surface area (Å²) < 4.78 is 0. The summed E-state index contributed by atoms with van der Waals surface area (Å²) in [7, 11) is 0. The second kappa shape index (κ2) is 4.89. The lowest BCUT2D eigenvalue weighted by molar-refractivity contribution is -0.137. The minimum absolute atomic E-state index is 0.0801. The molecule has 0 spiro atoms. The summed E-state index contributed by atoms with van der Waals surface area (Å²) in [6, 6.07) is 1.98. The molecular formula is C14H20N4O. The molecule has 5 heteroatoms. The third kappa shape index (κ3) is 2.23. The van der Waals surface area contributed by atoms with Crippen molar-refractivity contribution in [1.29, 1.82) is 0 Å². The van der Waals surface area contributed by atoms with Crippen molar-refractivity contribution in [3.05, 3.63) is 24.3 Å². The van der Waals surface area contributed by atoms with Crippen molar-refractivity contribution >= 4 is 5.91 Å². The normalized spacial score (nSPS) is 25.7. The van der Waals surface area contributed by atoms with E-state index in [1.165, 1.54) is 0 Å². The number of carbonyl (C=O) groups is 1. The first-order valence-electron chi connectivity index (χ1n) is 7.07. The summed E-state index contributed by atoms with van der Waals surface area (Å²) in [4.78, 5) is 22.9. The van der Waals surface area contributed by atoms with Crippen LogP contribution < -0.4 is 5.73 Å². The van der Waals surface area contributed by atoms with Gasteiger partial charge >= 0.3 is 0 Å². The van der Waals surface area contributed by atoms with Gasteiger partial charge in [-0.25, -0.2) is 9.97 Å². The highest BCUT2D eigenvalue weighted by atomic mass is 16.2. The van der Waals surface area contributed by atoms with Crippen molar-refractivity contribution in [2.45, 2.75) is 50.1 Å². The average Bonchev–Trinajstić information content (AvgIpc) is 3.08. The van der Waals surface area contributed by atoms with Gasteiger partial charge in [0.2, 0.25) is 5.91 Å². The Labute approximate surface area is 113 Å². The van der Waals surface area contributed by atoms with E-state index in [0.29, 0.717) is 0 Å². The van der Waals surface area contributed by atoms with Crippen LogP contribution in [-0.4, -0.2) is 32.9 Å². The molecule has 1 aliphatic heterocycles. The third-order valence-corrected chi connectivity index (χ3v) is 4.38. The van der Waals surface area contributed by atoms with Crippen LogP contribution in [-0.2, 0) is 4.79 Å². The number of likely N-dealkylation sites (tertiary alicyclic amines) is 1. The Bertz CT molecular complexity index is 456. The van der Waals surface area contributed by atoms with Gasteiger partial charge in [-0.1, -0.05) is 12.8 Å². The number of aromatic nitrogens is 2. The maximum Gasteiger partial charge on any atom is 0.243 e. The first-order valence-corrected chi connectivity index (χ1v) is 7.07. The summed E-state index contributed by atoms with van der Waals surface area (Å²) in [6.45, 7) is 0.798. The topological polar surface area (TPSA) is 72.1 Å². The van der Waals surface area contributed by atoms with Crippen molar-refractivity contribution in [2.24, 2.45) is 5.73 Å². The number of hydrogen-bond acceptors (Lipinski definition) is 4. The maximum absolute atomic E-state index is 12.7. The van der Waals surface area contributed by atoms with E-state index in [1.807, 2.05) is 11.0 Å². The molecule has 0 unspecified atom stereocenters. The summed E-state index contributed by atoms with van der Waals surface area (Å²) in [5, 5.41) is 0. The van der Waals surface area contributed by atoms with Crippen molar-refractivity contribution in [2.75, 3.05) is 6.54 Å². The molecule has 2 heterocycles. The van der Waals surface area contributed by atoms with Gasteiger partial charge in [-0.05, 0) is 31.7 Å². The number of amides is 1. The summed E-state index contributed by atoms with van der Waals surface area (Å²) in [5.74, 6) is 0.117. The van der Waals surface area contributed by atoms with Crippen LogP contribution in [0, 0.1) is 0 Å². The Morgan fingerprint density at radius 2 is 2.16 bits per heavy atom. The Kier molecular flexibility index (Phi) is 3.22. The molecule has 2 N–H and O–H groups in total. The molecule has 2 fully saturated rings. The third-order valence-electron chi connectivity index (χ3n) is 4.38. The molecule has 102 valence electrons. The van der Waals surface area contributed by atoms with E-state index in [-0.39, 0.29) is 11.9 Å². The SMILES string of the molecule is NC1(C(=O)N2CCC[C@H]2c2ccncn2)CCCC1. The molecule has 5 nitrogen and oxygen atoms in total. The molecule has 0 aromatic carbocycles. The van der Waals surface area contributed by atoms with Crippen LogP contribution in [0.3, 0.4) is 0 Å². The Balaban J connectivity index is 1.82. The van der Waals surface area contributed by atoms with Gasteiger partial charge < -0.3 is 10.6 Å². The second-order valence-corrected chi connectivity index (χ2v) is 5.65. The summed E-state index contributed by atoms with van der Waals surface area (Å²) in [5.41, 5.74) is 6.60. The molecule has 1 aromatic rings. The Morgan fingerprint density at radius 1 is 1.37 bits per heavy atom. The lowest BCUT2D eigenvalue weighted by Gasteiger charge is -2.32. The van der Waals surface area contributed by atoms with Crippen LogP contribution in [0.4, 0.5) is 0 Å². The van der Waals surface area contributed by atoms with E-state index in [2.05, 4.69) is 9.97 Å². The zero-order valence-corrected chi connectivity index (χ0v) is 11.1. The summed E-state index contributed by atoms with van der Waals surface area (Å²) in [6.07, 6.45) is 9.04. The number of nitrogens with zero attached hydrogens (tertiary/aromatic N) is 3. The molecular weight excluding hydrogens is 240 g/mol. The van der Waals surface area contributed by atoms with Crippen LogP contribution in [0.25, 0.3) is 0 Å². The predicted molar refractivity (Wildman–Crippen MR) is 71.1 cm³/mol. The van der Waals surface area contributed by atoms with Gasteiger partial charge in [-0.3, -0.25) is 4.79 Å². The highest BCUT2D eigenvalue weighted by Crippen LogP contribution is 2.36. The van der Waals surface area contributed by atoms with Crippen molar-refractivity contribution in [3.8, 4) is 0 Å². The van der Waals surface area contributed by atoms with Crippen LogP contribution >= 0.6 is 0 Å². The fourth-order valence-electron chi connectivity index (χ4n) is 3.32. The molecule has 1 amide bonds. The largest absolute Gasteiger partial charge is 0.332 e. The molecule has 0 radical (unpaired) electrons. The second-order valence-electron chi connectivity index (χ2n) is 5.65. The summed E-state index contributed by atoms with van der Waals surface area (Å²) >= 11 is 0. The molecule has 1 aliphatic carbocycles. The monoisotopic (exact) mass is 260 g/mol. The van der Waals surface area contributed by atoms with Crippen LogP contribution in [0.1, 0.15) is 50.3 Å². The van der Waals surface area contributed by atoms with E-state index in [9.17, 15) is 4.79 Å². The number of rotatable bonds is 2. The van der Waals surface area contributed by atoms with Gasteiger partial charge in [0.05, 0.1) is 17.3 Å². The standard InChI is InChI=1S/C14H20N4O/c15-14(6-1-2-7-14)13(19)18-9-3-4-12(18)11-5-8-16-10-17-11/h5,8,10,12H,1-4,6-7,9,15H2/t12-/m0/s1. The van der Waals surface area contributed by atoms with Gasteiger partial charge in [-0.15, -0.1) is 0 Å². The fraction of sp³-hybridized carbons (Fsp3) is 0.643. The van der Waals surface area contributed by atoms with Gasteiger partial charge in [0.1, 0.15) is 6.33 Å². The molecule has 1 atom stereocenters. The van der Waals surface area contributed by atoms with E-state index < -0.39 is 5.54 Å². The van der Waals surface area contributed by atoms with Crippen molar-refractivity contribution < 1.29 is 4.79 Å². The molecule has 1 aromatic heterocycles. The molecule has 1 saturated heterocycles. The first-order chi connectivity index (χ1) is 9.21. The van der Waals surface area contributed by atoms with E-state index in [4.69, 9.17) is 5.73 Å². The molecule has 1 saturated carbocycles. The fourth-order valence-corrected chi connectivity index (χ4v) is 3.32. The number of hydrogen-bond donors (Lipinski definition) is 1. The zero-order chi connectivity index (χ0) is 13.3. The smallest absolute Gasteiger partial charge is 0.243 e. The minimum Gasteiger partial charge on any atom is -0.332 e. The zero-order valence-electron chi connectivity index (χ0n) is 11.1. The van der Waals surface area contributed by atoms with Gasteiger partial charge in [0, 0.05) is 12.7 Å². The molecule has 0 bridgehead atoms. The van der Waals surface area contributed by atoms with Crippen LogP contribution in [0.15, 0.2) is 18.6 Å². The quantitative estimate of drug-likeness (QED) is 0.872. The van der Waals surface area contributed by atoms with Gasteiger partial charge in [0.15, 0.2) is 0 Å². The van der Waals surface area contributed by atoms with Crippen molar-refractivity contribution in [3.63, 3.8) is 0 Å². The molecule has 19 heavy (non-hydrogen) atoms. The Hall–Kier alpha value is -1.49. The minimum atomic E-state index is -0.629. The lowest BCUT2D eigenvalue weighted by Crippen LogP contribution is -2.53. The van der Waals surface area contributed by atoms with Gasteiger partial charge in [0.25, 0.3) is 0 Å². The van der Waals surface area contributed by atoms with Gasteiger partial charge in [-0.2, -0.15) is 0 Å². The van der Waals surface area contributed by atoms with E-state index in [1.54, 1.807) is 12.5 Å². The van der Waals surface area contributed by atoms with E-state index >= 15 is 0 Å². The molecule has 2 aliphatic rings. The number of nitrogens with two attached hydrogens (primary N) is 1. The van der Waals surface area contributed by atoms with E-state index in [0.717, 1.165) is 50.8 Å². The maximum atomic E-state index is 12.7. The number of carbonyl (C=O) groups excluding carboxylic acids is 1. The van der Waals surface area contributed by atoms with Crippen LogP contribution in [0.5, 0.6) is 0 Å². The first kappa shape index (κ1) is 12.5. The Morgan fingerprint density at radius 3 is 2.84 bits per heavy atom. The lowest BCUT2D eigenvalue weighted by atomic mass is 9.96. The average molecular weight is 260 g/mol. The van der Waals surface area contributed by atoms with Crippen LogP contribution in [0.2, 0.25) is 0 Å². The van der Waals surface area contributed by atoms with Crippen molar-refractivity contribution in [1.82, 2.24) is 14.9 Å². The molecule has 3 rings (SSSR count).